The maximum absolute atomic E-state index is 11.3. The minimum absolute atomic E-state index is 0.0951. The Hall–Kier alpha value is -2.29. The third-order valence-corrected chi connectivity index (χ3v) is 4.19. The van der Waals surface area contributed by atoms with E-state index in [1.165, 1.54) is 16.8 Å². The molecule has 0 fully saturated rings. The highest BCUT2D eigenvalue weighted by Crippen LogP contribution is 2.28. The standard InChI is InChI=1S/C19H22N2O/c1-2-19(22)20-13-15-7-9-16(10-8-15)14-21-12-11-17-5-3-4-6-18(17)21/h3-10H,2,11-14H2,1H3,(H,20,22). The first-order valence-corrected chi connectivity index (χ1v) is 7.93. The first kappa shape index (κ1) is 14.6. The Kier molecular flexibility index (Phi) is 4.42. The van der Waals surface area contributed by atoms with E-state index in [1.54, 1.807) is 0 Å². The van der Waals surface area contributed by atoms with Crippen LogP contribution in [0.25, 0.3) is 0 Å². The smallest absolute Gasteiger partial charge is 0.219 e. The molecule has 114 valence electrons. The lowest BCUT2D eigenvalue weighted by Crippen LogP contribution is -2.21. The van der Waals surface area contributed by atoms with Crippen LogP contribution in [0.1, 0.15) is 30.0 Å². The second-order valence-electron chi connectivity index (χ2n) is 5.75. The van der Waals surface area contributed by atoms with Crippen molar-refractivity contribution in [1.82, 2.24) is 5.32 Å². The van der Waals surface area contributed by atoms with Crippen LogP contribution in [0.5, 0.6) is 0 Å². The number of nitrogens with one attached hydrogen (secondary N) is 1. The van der Waals surface area contributed by atoms with Crippen molar-refractivity contribution < 1.29 is 4.79 Å². The second kappa shape index (κ2) is 6.65. The summed E-state index contributed by atoms with van der Waals surface area (Å²) in [6.45, 7) is 4.51. The molecule has 0 aromatic heterocycles. The van der Waals surface area contributed by atoms with Crippen LogP contribution in [0.15, 0.2) is 48.5 Å². The fraction of sp³-hybridized carbons (Fsp3) is 0.316. The van der Waals surface area contributed by atoms with Gasteiger partial charge < -0.3 is 10.2 Å². The van der Waals surface area contributed by atoms with E-state index in [1.807, 2.05) is 6.92 Å². The summed E-state index contributed by atoms with van der Waals surface area (Å²) in [4.78, 5) is 13.7. The van der Waals surface area contributed by atoms with Crippen LogP contribution in [-0.4, -0.2) is 12.5 Å². The van der Waals surface area contributed by atoms with Gasteiger partial charge in [0.2, 0.25) is 5.91 Å². The summed E-state index contributed by atoms with van der Waals surface area (Å²) in [6.07, 6.45) is 1.67. The van der Waals surface area contributed by atoms with E-state index < -0.39 is 0 Å². The van der Waals surface area contributed by atoms with Crippen LogP contribution in [0, 0.1) is 0 Å². The molecule has 0 atom stereocenters. The van der Waals surface area contributed by atoms with Gasteiger partial charge in [-0.05, 0) is 29.2 Å². The highest BCUT2D eigenvalue weighted by atomic mass is 16.1. The number of benzene rings is 2. The molecular weight excluding hydrogens is 272 g/mol. The third kappa shape index (κ3) is 3.30. The average Bonchev–Trinajstić information content (AvgIpc) is 2.97. The summed E-state index contributed by atoms with van der Waals surface area (Å²) >= 11 is 0. The van der Waals surface area contributed by atoms with Crippen molar-refractivity contribution in [3.8, 4) is 0 Å². The highest BCUT2D eigenvalue weighted by molar-refractivity contribution is 5.75. The minimum Gasteiger partial charge on any atom is -0.367 e. The average molecular weight is 294 g/mol. The molecule has 3 heteroatoms. The maximum atomic E-state index is 11.3. The number of rotatable bonds is 5. The van der Waals surface area contributed by atoms with Crippen molar-refractivity contribution in [2.45, 2.75) is 32.9 Å². The molecule has 0 spiro atoms. The van der Waals surface area contributed by atoms with E-state index in [-0.39, 0.29) is 5.91 Å². The van der Waals surface area contributed by atoms with Gasteiger partial charge in [-0.15, -0.1) is 0 Å². The number of para-hydroxylation sites is 1. The van der Waals surface area contributed by atoms with E-state index >= 15 is 0 Å². The van der Waals surface area contributed by atoms with Crippen LogP contribution in [0.4, 0.5) is 5.69 Å². The van der Waals surface area contributed by atoms with E-state index in [2.05, 4.69) is 58.7 Å². The Bertz CT molecular complexity index is 649. The van der Waals surface area contributed by atoms with Crippen molar-refractivity contribution in [1.29, 1.82) is 0 Å². The lowest BCUT2D eigenvalue weighted by atomic mass is 10.1. The van der Waals surface area contributed by atoms with Gasteiger partial charge in [-0.2, -0.15) is 0 Å². The molecule has 0 bridgehead atoms. The van der Waals surface area contributed by atoms with Crippen LogP contribution >= 0.6 is 0 Å². The molecule has 0 saturated carbocycles. The molecule has 1 aliphatic rings. The number of nitrogens with zero attached hydrogens (tertiary/aromatic N) is 1. The molecule has 1 amide bonds. The largest absolute Gasteiger partial charge is 0.367 e. The van der Waals surface area contributed by atoms with Crippen LogP contribution in [0.3, 0.4) is 0 Å². The number of fused-ring (bicyclic) bond motifs is 1. The van der Waals surface area contributed by atoms with Gasteiger partial charge in [-0.1, -0.05) is 49.4 Å². The molecule has 1 N–H and O–H groups in total. The summed E-state index contributed by atoms with van der Waals surface area (Å²) in [5.74, 6) is 0.0951. The summed E-state index contributed by atoms with van der Waals surface area (Å²) in [7, 11) is 0. The van der Waals surface area contributed by atoms with Gasteiger partial charge in [0.25, 0.3) is 0 Å². The molecule has 3 rings (SSSR count). The summed E-state index contributed by atoms with van der Waals surface area (Å²) in [5, 5.41) is 2.90. The number of carbonyl (C=O) groups excluding carboxylic acids is 1. The first-order chi connectivity index (χ1) is 10.8. The third-order valence-electron chi connectivity index (χ3n) is 4.19. The Morgan fingerprint density at radius 3 is 2.59 bits per heavy atom. The van der Waals surface area contributed by atoms with E-state index in [9.17, 15) is 4.79 Å². The Balaban J connectivity index is 1.61. The SMILES string of the molecule is CCC(=O)NCc1ccc(CN2CCc3ccccc32)cc1. The minimum atomic E-state index is 0.0951. The zero-order valence-electron chi connectivity index (χ0n) is 13.0. The van der Waals surface area contributed by atoms with E-state index in [0.717, 1.165) is 25.1 Å². The lowest BCUT2D eigenvalue weighted by Gasteiger charge is -2.19. The van der Waals surface area contributed by atoms with Crippen molar-refractivity contribution in [2.24, 2.45) is 0 Å². The molecule has 0 unspecified atom stereocenters. The molecule has 0 saturated heterocycles. The topological polar surface area (TPSA) is 32.3 Å². The van der Waals surface area contributed by atoms with E-state index in [4.69, 9.17) is 0 Å². The van der Waals surface area contributed by atoms with Crippen molar-refractivity contribution in [2.75, 3.05) is 11.4 Å². The normalized spacial score (nSPS) is 13.0. The van der Waals surface area contributed by atoms with Crippen LogP contribution in [0.2, 0.25) is 0 Å². The second-order valence-corrected chi connectivity index (χ2v) is 5.75. The van der Waals surface area contributed by atoms with Gasteiger partial charge in [0.1, 0.15) is 0 Å². The Morgan fingerprint density at radius 1 is 1.09 bits per heavy atom. The van der Waals surface area contributed by atoms with Crippen LogP contribution in [-0.2, 0) is 24.3 Å². The van der Waals surface area contributed by atoms with Crippen molar-refractivity contribution in [3.05, 3.63) is 65.2 Å². The van der Waals surface area contributed by atoms with Gasteiger partial charge in [-0.3, -0.25) is 4.79 Å². The number of anilines is 1. The predicted molar refractivity (Wildman–Crippen MR) is 89.8 cm³/mol. The summed E-state index contributed by atoms with van der Waals surface area (Å²) in [5.41, 5.74) is 5.26. The van der Waals surface area contributed by atoms with Gasteiger partial charge in [0.05, 0.1) is 0 Å². The van der Waals surface area contributed by atoms with Crippen LogP contribution < -0.4 is 10.2 Å². The van der Waals surface area contributed by atoms with Gasteiger partial charge >= 0.3 is 0 Å². The van der Waals surface area contributed by atoms with Gasteiger partial charge in [0, 0.05) is 31.7 Å². The number of hydrogen-bond acceptors (Lipinski definition) is 2. The zero-order chi connectivity index (χ0) is 15.4. The summed E-state index contributed by atoms with van der Waals surface area (Å²) < 4.78 is 0. The van der Waals surface area contributed by atoms with Crippen molar-refractivity contribution in [3.63, 3.8) is 0 Å². The molecular formula is C19H22N2O. The first-order valence-electron chi connectivity index (χ1n) is 7.93. The number of amides is 1. The Labute approximate surface area is 132 Å². The molecule has 22 heavy (non-hydrogen) atoms. The molecule has 1 heterocycles. The molecule has 3 nitrogen and oxygen atoms in total. The molecule has 2 aromatic rings. The van der Waals surface area contributed by atoms with Gasteiger partial charge in [-0.25, -0.2) is 0 Å². The molecule has 0 radical (unpaired) electrons. The van der Waals surface area contributed by atoms with Gasteiger partial charge in [0.15, 0.2) is 0 Å². The maximum Gasteiger partial charge on any atom is 0.219 e. The Morgan fingerprint density at radius 2 is 1.82 bits per heavy atom. The lowest BCUT2D eigenvalue weighted by molar-refractivity contribution is -0.120. The van der Waals surface area contributed by atoms with Crippen molar-refractivity contribution >= 4 is 11.6 Å². The molecule has 0 aliphatic carbocycles. The monoisotopic (exact) mass is 294 g/mol. The molecule has 2 aromatic carbocycles. The fourth-order valence-electron chi connectivity index (χ4n) is 2.88. The van der Waals surface area contributed by atoms with E-state index in [0.29, 0.717) is 13.0 Å². The molecule has 1 aliphatic heterocycles. The number of carbonyl (C=O) groups is 1. The number of hydrogen-bond donors (Lipinski definition) is 1. The zero-order valence-corrected chi connectivity index (χ0v) is 13.0. The fourth-order valence-corrected chi connectivity index (χ4v) is 2.88. The highest BCUT2D eigenvalue weighted by Gasteiger charge is 2.17. The predicted octanol–water partition coefficient (Wildman–Crippen LogP) is 3.28. The summed E-state index contributed by atoms with van der Waals surface area (Å²) in [6, 6.07) is 17.2. The quantitative estimate of drug-likeness (QED) is 0.918.